The summed E-state index contributed by atoms with van der Waals surface area (Å²) in [5.41, 5.74) is 3.30. The zero-order valence-electron chi connectivity index (χ0n) is 16.7. The fourth-order valence-corrected chi connectivity index (χ4v) is 3.88. The first-order valence-electron chi connectivity index (χ1n) is 9.15. The normalized spacial score (nSPS) is 11.3. The summed E-state index contributed by atoms with van der Waals surface area (Å²) >= 11 is 0. The third-order valence-electron chi connectivity index (χ3n) is 4.56. The number of para-hydroxylation sites is 1. The summed E-state index contributed by atoms with van der Waals surface area (Å²) in [6.45, 7) is 3.81. The number of nitrogens with one attached hydrogen (secondary N) is 1. The number of nitrogens with zero attached hydrogens (tertiary/aromatic N) is 3. The van der Waals surface area contributed by atoms with Crippen LogP contribution in [0.1, 0.15) is 17.0 Å². The molecular weight excluding hydrogens is 388 g/mol. The fraction of sp³-hybridized carbons (Fsp3) is 0.238. The molecule has 152 valence electrons. The van der Waals surface area contributed by atoms with E-state index in [1.165, 1.54) is 0 Å². The minimum atomic E-state index is -3.60. The van der Waals surface area contributed by atoms with E-state index in [4.69, 9.17) is 0 Å². The minimum absolute atomic E-state index is 0.276. The Bertz CT molecular complexity index is 1100. The van der Waals surface area contributed by atoms with Crippen LogP contribution in [-0.2, 0) is 21.4 Å². The monoisotopic (exact) mass is 412 g/mol. The van der Waals surface area contributed by atoms with Crippen molar-refractivity contribution in [1.82, 2.24) is 14.9 Å². The van der Waals surface area contributed by atoms with Crippen molar-refractivity contribution in [3.8, 4) is 5.69 Å². The number of benzene rings is 2. The van der Waals surface area contributed by atoms with Gasteiger partial charge in [0.2, 0.25) is 15.9 Å². The molecule has 0 unspecified atom stereocenters. The largest absolute Gasteiger partial charge is 0.350 e. The van der Waals surface area contributed by atoms with Gasteiger partial charge in [-0.15, -0.1) is 0 Å². The molecule has 0 saturated heterocycles. The molecule has 7 nitrogen and oxygen atoms in total. The molecule has 0 spiro atoms. The standard InChI is InChI=1S/C21H24N4O3S/c1-16-8-10-19(11-9-16)25(29(3,27)28)15-21(26)23-14-18-6-4-5-7-20(18)24-13-12-22-17(24)2/h4-13H,14-15H2,1-3H3,(H,23,26). The predicted octanol–water partition coefficient (Wildman–Crippen LogP) is 2.57. The Kier molecular flexibility index (Phi) is 6.03. The maximum atomic E-state index is 12.5. The topological polar surface area (TPSA) is 84.3 Å². The lowest BCUT2D eigenvalue weighted by atomic mass is 10.1. The molecule has 0 saturated carbocycles. The van der Waals surface area contributed by atoms with E-state index in [0.29, 0.717) is 5.69 Å². The van der Waals surface area contributed by atoms with Gasteiger partial charge in [-0.3, -0.25) is 9.10 Å². The Labute approximate surface area is 171 Å². The molecule has 2 aromatic carbocycles. The first-order valence-corrected chi connectivity index (χ1v) is 11.0. The number of hydrogen-bond donors (Lipinski definition) is 1. The molecule has 0 radical (unpaired) electrons. The van der Waals surface area contributed by atoms with Crippen molar-refractivity contribution < 1.29 is 13.2 Å². The van der Waals surface area contributed by atoms with E-state index in [-0.39, 0.29) is 19.0 Å². The van der Waals surface area contributed by atoms with Gasteiger partial charge in [0, 0.05) is 18.9 Å². The first kappa shape index (κ1) is 20.6. The van der Waals surface area contributed by atoms with Crippen molar-refractivity contribution in [2.75, 3.05) is 17.1 Å². The molecule has 0 bridgehead atoms. The van der Waals surface area contributed by atoms with Crippen molar-refractivity contribution in [3.05, 3.63) is 77.9 Å². The van der Waals surface area contributed by atoms with Crippen LogP contribution in [0, 0.1) is 13.8 Å². The van der Waals surface area contributed by atoms with Crippen LogP contribution in [-0.4, -0.2) is 36.7 Å². The van der Waals surface area contributed by atoms with Gasteiger partial charge in [0.15, 0.2) is 0 Å². The summed E-state index contributed by atoms with van der Waals surface area (Å²) in [5, 5.41) is 2.83. The summed E-state index contributed by atoms with van der Waals surface area (Å²) in [5.74, 6) is 0.458. The summed E-state index contributed by atoms with van der Waals surface area (Å²) in [6.07, 6.45) is 4.67. The molecule has 1 amide bonds. The average molecular weight is 413 g/mol. The van der Waals surface area contributed by atoms with Crippen LogP contribution in [0.2, 0.25) is 0 Å². The number of anilines is 1. The molecular formula is C21H24N4O3S. The van der Waals surface area contributed by atoms with Gasteiger partial charge in [-0.25, -0.2) is 13.4 Å². The van der Waals surface area contributed by atoms with Crippen LogP contribution in [0.15, 0.2) is 60.9 Å². The number of amides is 1. The summed E-state index contributed by atoms with van der Waals surface area (Å²) in [7, 11) is -3.60. The van der Waals surface area contributed by atoms with Crippen molar-refractivity contribution in [2.24, 2.45) is 0 Å². The van der Waals surface area contributed by atoms with E-state index in [1.54, 1.807) is 18.3 Å². The highest BCUT2D eigenvalue weighted by atomic mass is 32.2. The van der Waals surface area contributed by atoms with Crippen LogP contribution >= 0.6 is 0 Å². The highest BCUT2D eigenvalue weighted by Crippen LogP contribution is 2.18. The summed E-state index contributed by atoms with van der Waals surface area (Å²) < 4.78 is 27.5. The van der Waals surface area contributed by atoms with E-state index in [0.717, 1.165) is 33.2 Å². The molecule has 3 rings (SSSR count). The number of rotatable bonds is 7. The third-order valence-corrected chi connectivity index (χ3v) is 5.70. The highest BCUT2D eigenvalue weighted by molar-refractivity contribution is 7.92. The molecule has 8 heteroatoms. The van der Waals surface area contributed by atoms with Crippen LogP contribution in [0.3, 0.4) is 0 Å². The fourth-order valence-electron chi connectivity index (χ4n) is 3.02. The van der Waals surface area contributed by atoms with Crippen molar-refractivity contribution in [1.29, 1.82) is 0 Å². The maximum Gasteiger partial charge on any atom is 0.241 e. The Morgan fingerprint density at radius 1 is 1.10 bits per heavy atom. The lowest BCUT2D eigenvalue weighted by Gasteiger charge is -2.22. The summed E-state index contributed by atoms with van der Waals surface area (Å²) in [6, 6.07) is 14.7. The number of imidazole rings is 1. The van der Waals surface area contributed by atoms with Gasteiger partial charge in [0.05, 0.1) is 17.6 Å². The van der Waals surface area contributed by atoms with Crippen molar-refractivity contribution in [3.63, 3.8) is 0 Å². The van der Waals surface area contributed by atoms with Gasteiger partial charge in [0.1, 0.15) is 12.4 Å². The molecule has 1 heterocycles. The molecule has 1 aromatic heterocycles. The second-order valence-corrected chi connectivity index (χ2v) is 8.76. The van der Waals surface area contributed by atoms with Crippen LogP contribution < -0.4 is 9.62 Å². The van der Waals surface area contributed by atoms with E-state index in [9.17, 15) is 13.2 Å². The van der Waals surface area contributed by atoms with Crippen LogP contribution in [0.25, 0.3) is 5.69 Å². The lowest BCUT2D eigenvalue weighted by Crippen LogP contribution is -2.40. The second-order valence-electron chi connectivity index (χ2n) is 6.86. The average Bonchev–Trinajstić information content (AvgIpc) is 3.10. The first-order chi connectivity index (χ1) is 13.8. The molecule has 0 aliphatic rings. The Morgan fingerprint density at radius 2 is 1.79 bits per heavy atom. The molecule has 0 atom stereocenters. The molecule has 1 N–H and O–H groups in total. The molecule has 29 heavy (non-hydrogen) atoms. The van der Waals surface area contributed by atoms with Crippen LogP contribution in [0.4, 0.5) is 5.69 Å². The maximum absolute atomic E-state index is 12.5. The quantitative estimate of drug-likeness (QED) is 0.646. The SMILES string of the molecule is Cc1ccc(N(CC(=O)NCc2ccccc2-n2ccnc2C)S(C)(=O)=O)cc1. The lowest BCUT2D eigenvalue weighted by molar-refractivity contribution is -0.119. The summed E-state index contributed by atoms with van der Waals surface area (Å²) in [4.78, 5) is 16.8. The minimum Gasteiger partial charge on any atom is -0.350 e. The Hall–Kier alpha value is -3.13. The number of carbonyl (C=O) groups excluding carboxylic acids is 1. The van der Waals surface area contributed by atoms with Gasteiger partial charge in [-0.05, 0) is 37.6 Å². The van der Waals surface area contributed by atoms with Crippen molar-refractivity contribution >= 4 is 21.6 Å². The predicted molar refractivity (Wildman–Crippen MR) is 114 cm³/mol. The van der Waals surface area contributed by atoms with Gasteiger partial charge in [-0.2, -0.15) is 0 Å². The second kappa shape index (κ2) is 8.48. The molecule has 0 aliphatic heterocycles. The smallest absolute Gasteiger partial charge is 0.241 e. The molecule has 0 aliphatic carbocycles. The van der Waals surface area contributed by atoms with Crippen LogP contribution in [0.5, 0.6) is 0 Å². The number of sulfonamides is 1. The van der Waals surface area contributed by atoms with Gasteiger partial charge in [-0.1, -0.05) is 35.9 Å². The number of aromatic nitrogens is 2. The number of carbonyl (C=O) groups is 1. The Balaban J connectivity index is 1.74. The van der Waals surface area contributed by atoms with E-state index in [1.807, 2.05) is 61.0 Å². The zero-order valence-corrected chi connectivity index (χ0v) is 17.5. The van der Waals surface area contributed by atoms with E-state index >= 15 is 0 Å². The van der Waals surface area contributed by atoms with E-state index in [2.05, 4.69) is 10.3 Å². The van der Waals surface area contributed by atoms with Gasteiger partial charge in [0.25, 0.3) is 0 Å². The third kappa shape index (κ3) is 5.03. The van der Waals surface area contributed by atoms with Gasteiger partial charge < -0.3 is 9.88 Å². The zero-order chi connectivity index (χ0) is 21.0. The van der Waals surface area contributed by atoms with Crippen molar-refractivity contribution in [2.45, 2.75) is 20.4 Å². The Morgan fingerprint density at radius 3 is 2.41 bits per heavy atom. The molecule has 3 aromatic rings. The van der Waals surface area contributed by atoms with E-state index < -0.39 is 10.0 Å². The molecule has 0 fully saturated rings. The van der Waals surface area contributed by atoms with Gasteiger partial charge >= 0.3 is 0 Å². The number of hydrogen-bond acceptors (Lipinski definition) is 4. The highest BCUT2D eigenvalue weighted by Gasteiger charge is 2.20. The number of aryl methyl sites for hydroxylation is 2.